The van der Waals surface area contributed by atoms with Gasteiger partial charge in [0.15, 0.2) is 11.7 Å². The molecule has 76 valence electrons. The van der Waals surface area contributed by atoms with E-state index in [0.717, 1.165) is 0 Å². The molecule has 0 fully saturated rings. The van der Waals surface area contributed by atoms with E-state index < -0.39 is 11.1 Å². The van der Waals surface area contributed by atoms with Crippen molar-refractivity contribution in [3.63, 3.8) is 0 Å². The zero-order valence-electron chi connectivity index (χ0n) is 7.84. The van der Waals surface area contributed by atoms with Crippen molar-refractivity contribution < 1.29 is 14.4 Å². The van der Waals surface area contributed by atoms with Crippen molar-refractivity contribution in [1.82, 2.24) is 0 Å². The fraction of sp³-hybridized carbons (Fsp3) is 0.0909. The summed E-state index contributed by atoms with van der Waals surface area (Å²) in [4.78, 5) is 32.4. The summed E-state index contributed by atoms with van der Waals surface area (Å²) in [5, 5.41) is 7.35. The fourth-order valence-corrected chi connectivity index (χ4v) is 1.26. The molecule has 1 rings (SSSR count). The van der Waals surface area contributed by atoms with Crippen molar-refractivity contribution in [3.05, 3.63) is 35.9 Å². The minimum absolute atomic E-state index is 0.204. The molecule has 0 radical (unpaired) electrons. The Morgan fingerprint density at radius 1 is 1.07 bits per heavy atom. The lowest BCUT2D eigenvalue weighted by Gasteiger charge is -2.19. The molecular formula is C11H9NO3. The molecule has 0 unspecified atom stereocenters. The second-order valence-electron chi connectivity index (χ2n) is 3.00. The Hall–Kier alpha value is -2.10. The first-order valence-corrected chi connectivity index (χ1v) is 4.23. The van der Waals surface area contributed by atoms with Gasteiger partial charge in [-0.15, -0.1) is 0 Å². The molecule has 0 aliphatic rings. The molecular weight excluding hydrogens is 194 g/mol. The Balaban J connectivity index is 3.35. The van der Waals surface area contributed by atoms with Crippen LogP contribution in [-0.4, -0.2) is 24.6 Å². The summed E-state index contributed by atoms with van der Waals surface area (Å²) in [6.07, 6.45) is 0.827. The first kappa shape index (κ1) is 11.0. The van der Waals surface area contributed by atoms with Gasteiger partial charge in [0, 0.05) is 0 Å². The normalized spacial score (nSPS) is 10.4. The zero-order chi connectivity index (χ0) is 11.3. The fourth-order valence-electron chi connectivity index (χ4n) is 1.26. The third-order valence-electron chi connectivity index (χ3n) is 2.19. The molecule has 0 aliphatic carbocycles. The van der Waals surface area contributed by atoms with E-state index in [9.17, 15) is 14.4 Å². The summed E-state index contributed by atoms with van der Waals surface area (Å²) in [5.74, 6) is 0. The van der Waals surface area contributed by atoms with Gasteiger partial charge in [0.05, 0.1) is 5.71 Å². The molecule has 15 heavy (non-hydrogen) atoms. The van der Waals surface area contributed by atoms with Gasteiger partial charge in [-0.05, 0) is 5.56 Å². The van der Waals surface area contributed by atoms with Crippen LogP contribution in [0, 0.1) is 5.41 Å². The molecule has 0 spiro atoms. The van der Waals surface area contributed by atoms with Crippen LogP contribution in [0.15, 0.2) is 30.3 Å². The number of rotatable bonds is 5. The van der Waals surface area contributed by atoms with Crippen molar-refractivity contribution in [2.24, 2.45) is 0 Å². The summed E-state index contributed by atoms with van der Waals surface area (Å²) < 4.78 is 0. The smallest absolute Gasteiger partial charge is 0.165 e. The monoisotopic (exact) mass is 203 g/mol. The standard InChI is InChI=1S/C11H9NO3/c12-10(6-13)11(7-14,8-15)9-4-2-1-3-5-9/h1-8,12H. The van der Waals surface area contributed by atoms with Gasteiger partial charge in [-0.3, -0.25) is 4.79 Å². The summed E-state index contributed by atoms with van der Waals surface area (Å²) in [6, 6.07) is 8.04. The maximum atomic E-state index is 10.9. The van der Waals surface area contributed by atoms with E-state index in [1.54, 1.807) is 18.2 Å². The molecule has 0 bridgehead atoms. The molecule has 0 saturated carbocycles. The van der Waals surface area contributed by atoms with E-state index in [4.69, 9.17) is 5.41 Å². The summed E-state index contributed by atoms with van der Waals surface area (Å²) in [5.41, 5.74) is -1.99. The summed E-state index contributed by atoms with van der Waals surface area (Å²) in [7, 11) is 0. The first-order chi connectivity index (χ1) is 7.21. The van der Waals surface area contributed by atoms with Gasteiger partial charge in [-0.2, -0.15) is 0 Å². The van der Waals surface area contributed by atoms with Gasteiger partial charge in [0.2, 0.25) is 0 Å². The Bertz CT molecular complexity index is 390. The summed E-state index contributed by atoms with van der Waals surface area (Å²) >= 11 is 0. The summed E-state index contributed by atoms with van der Waals surface area (Å²) in [6.45, 7) is 0. The van der Waals surface area contributed by atoms with Crippen molar-refractivity contribution in [1.29, 1.82) is 5.41 Å². The van der Waals surface area contributed by atoms with Crippen LogP contribution in [0.3, 0.4) is 0 Å². The molecule has 1 aromatic rings. The van der Waals surface area contributed by atoms with Crippen LogP contribution in [0.1, 0.15) is 5.56 Å². The highest BCUT2D eigenvalue weighted by molar-refractivity contribution is 6.41. The van der Waals surface area contributed by atoms with E-state index in [0.29, 0.717) is 18.1 Å². The topological polar surface area (TPSA) is 75.1 Å². The Labute approximate surface area is 86.4 Å². The van der Waals surface area contributed by atoms with Crippen LogP contribution in [0.4, 0.5) is 0 Å². The molecule has 4 heteroatoms. The SMILES string of the molecule is N=C(C=O)C(C=O)(C=O)c1ccccc1. The third kappa shape index (κ3) is 1.74. The lowest BCUT2D eigenvalue weighted by molar-refractivity contribution is -0.119. The predicted octanol–water partition coefficient (Wildman–Crippen LogP) is 0.541. The van der Waals surface area contributed by atoms with Crippen LogP contribution < -0.4 is 0 Å². The zero-order valence-corrected chi connectivity index (χ0v) is 7.84. The number of carbonyl (C=O) groups excluding carboxylic acids is 3. The lowest BCUT2D eigenvalue weighted by Crippen LogP contribution is -2.39. The number of carbonyl (C=O) groups is 3. The molecule has 0 amide bonds. The Morgan fingerprint density at radius 3 is 2.00 bits per heavy atom. The van der Waals surface area contributed by atoms with Gasteiger partial charge < -0.3 is 15.0 Å². The number of benzene rings is 1. The average Bonchev–Trinajstić information content (AvgIpc) is 2.32. The van der Waals surface area contributed by atoms with Crippen LogP contribution in [0.5, 0.6) is 0 Å². The predicted molar refractivity (Wildman–Crippen MR) is 54.0 cm³/mol. The molecule has 0 saturated heterocycles. The maximum absolute atomic E-state index is 10.9. The molecule has 0 aliphatic heterocycles. The molecule has 4 nitrogen and oxygen atoms in total. The second kappa shape index (κ2) is 4.41. The van der Waals surface area contributed by atoms with Crippen LogP contribution in [-0.2, 0) is 19.8 Å². The molecule has 1 N–H and O–H groups in total. The quantitative estimate of drug-likeness (QED) is 0.431. The highest BCUT2D eigenvalue weighted by atomic mass is 16.1. The van der Waals surface area contributed by atoms with Crippen molar-refractivity contribution >= 4 is 24.6 Å². The van der Waals surface area contributed by atoms with Crippen LogP contribution in [0.25, 0.3) is 0 Å². The number of nitrogens with one attached hydrogen (secondary N) is 1. The minimum Gasteiger partial charge on any atom is -0.301 e. The van der Waals surface area contributed by atoms with Gasteiger partial charge in [0.25, 0.3) is 0 Å². The van der Waals surface area contributed by atoms with Gasteiger partial charge in [-0.1, -0.05) is 30.3 Å². The first-order valence-electron chi connectivity index (χ1n) is 4.23. The molecule has 0 aromatic heterocycles. The van der Waals surface area contributed by atoms with Crippen LogP contribution in [0.2, 0.25) is 0 Å². The number of aldehydes is 3. The average molecular weight is 203 g/mol. The van der Waals surface area contributed by atoms with Crippen molar-refractivity contribution in [2.45, 2.75) is 5.41 Å². The van der Waals surface area contributed by atoms with Gasteiger partial charge >= 0.3 is 0 Å². The third-order valence-corrected chi connectivity index (χ3v) is 2.19. The van der Waals surface area contributed by atoms with Gasteiger partial charge in [-0.25, -0.2) is 0 Å². The lowest BCUT2D eigenvalue weighted by atomic mass is 9.79. The Kier molecular flexibility index (Phi) is 3.23. The van der Waals surface area contributed by atoms with E-state index in [1.165, 1.54) is 12.1 Å². The molecule has 0 heterocycles. The van der Waals surface area contributed by atoms with Crippen molar-refractivity contribution in [3.8, 4) is 0 Å². The molecule has 1 aromatic carbocycles. The maximum Gasteiger partial charge on any atom is 0.165 e. The van der Waals surface area contributed by atoms with E-state index in [2.05, 4.69) is 0 Å². The minimum atomic E-state index is -1.76. The van der Waals surface area contributed by atoms with E-state index in [-0.39, 0.29) is 6.29 Å². The van der Waals surface area contributed by atoms with Gasteiger partial charge in [0.1, 0.15) is 12.6 Å². The van der Waals surface area contributed by atoms with E-state index in [1.807, 2.05) is 0 Å². The van der Waals surface area contributed by atoms with E-state index >= 15 is 0 Å². The largest absolute Gasteiger partial charge is 0.301 e. The highest BCUT2D eigenvalue weighted by Gasteiger charge is 2.36. The number of hydrogen-bond acceptors (Lipinski definition) is 4. The molecule has 0 atom stereocenters. The second-order valence-corrected chi connectivity index (χ2v) is 3.00. The highest BCUT2D eigenvalue weighted by Crippen LogP contribution is 2.20. The number of hydrogen-bond donors (Lipinski definition) is 1. The van der Waals surface area contributed by atoms with Crippen molar-refractivity contribution in [2.75, 3.05) is 0 Å². The Morgan fingerprint density at radius 2 is 1.60 bits per heavy atom. The van der Waals surface area contributed by atoms with Crippen LogP contribution >= 0.6 is 0 Å².